The molecule has 0 amide bonds. The van der Waals surface area contributed by atoms with Gasteiger partial charge in [-0.3, -0.25) is 4.90 Å². The molecule has 0 spiro atoms. The number of hydrogen-bond acceptors (Lipinski definition) is 4. The van der Waals surface area contributed by atoms with Gasteiger partial charge < -0.3 is 14.2 Å². The van der Waals surface area contributed by atoms with E-state index in [2.05, 4.69) is 4.90 Å². The molecule has 0 unspecified atom stereocenters. The number of rotatable bonds is 7. The number of nitrogens with zero attached hydrogens (tertiary/aromatic N) is 1. The minimum atomic E-state index is -2.19. The van der Waals surface area contributed by atoms with E-state index in [1.165, 1.54) is 20.0 Å². The Balaban J connectivity index is 1.50. The highest BCUT2D eigenvalue weighted by molar-refractivity contribution is 5.51. The van der Waals surface area contributed by atoms with Crippen molar-refractivity contribution in [1.82, 2.24) is 4.90 Å². The topological polar surface area (TPSA) is 30.9 Å². The second-order valence-electron chi connectivity index (χ2n) is 9.25. The maximum Gasteiger partial charge on any atom is 0.200 e. The van der Waals surface area contributed by atoms with Crippen molar-refractivity contribution in [2.75, 3.05) is 40.0 Å². The zero-order valence-electron chi connectivity index (χ0n) is 20.2. The van der Waals surface area contributed by atoms with Gasteiger partial charge in [-0.1, -0.05) is 18.2 Å². The van der Waals surface area contributed by atoms with E-state index in [0.29, 0.717) is 35.0 Å². The SMILES string of the molecule is COc1ccc2c(c1)OC[C@H](c1c(F)c(F)c(F)c(F)c1F)[C@@H]2c1ccc(OCCN2CCCC2)cc1. The van der Waals surface area contributed by atoms with Crippen LogP contribution in [0, 0.1) is 29.1 Å². The molecule has 37 heavy (non-hydrogen) atoms. The molecule has 4 nitrogen and oxygen atoms in total. The first-order chi connectivity index (χ1) is 17.9. The number of methoxy groups -OCH3 is 1. The van der Waals surface area contributed by atoms with Crippen LogP contribution in [0.4, 0.5) is 22.0 Å². The molecule has 0 aliphatic carbocycles. The van der Waals surface area contributed by atoms with Crippen molar-refractivity contribution in [3.05, 3.63) is 88.2 Å². The minimum absolute atomic E-state index is 0.294. The lowest BCUT2D eigenvalue weighted by molar-refractivity contribution is 0.235. The molecule has 2 aliphatic heterocycles. The van der Waals surface area contributed by atoms with Crippen LogP contribution in [-0.4, -0.2) is 44.9 Å². The number of halogens is 5. The fourth-order valence-electron chi connectivity index (χ4n) is 5.20. The molecule has 2 aliphatic rings. The summed E-state index contributed by atoms with van der Waals surface area (Å²) in [4.78, 5) is 2.33. The Bertz CT molecular complexity index is 1250. The fraction of sp³-hybridized carbons (Fsp3) is 0.357. The Morgan fingerprint density at radius 1 is 0.838 bits per heavy atom. The molecule has 0 radical (unpaired) electrons. The molecule has 0 saturated carbocycles. The second-order valence-corrected chi connectivity index (χ2v) is 9.25. The van der Waals surface area contributed by atoms with Crippen molar-refractivity contribution in [3.8, 4) is 17.2 Å². The lowest BCUT2D eigenvalue weighted by Gasteiger charge is -2.35. The summed E-state index contributed by atoms with van der Waals surface area (Å²) in [7, 11) is 1.49. The highest BCUT2D eigenvalue weighted by Gasteiger charge is 2.40. The zero-order chi connectivity index (χ0) is 26.1. The van der Waals surface area contributed by atoms with Gasteiger partial charge in [0, 0.05) is 35.6 Å². The van der Waals surface area contributed by atoms with Gasteiger partial charge in [0.2, 0.25) is 5.82 Å². The van der Waals surface area contributed by atoms with Gasteiger partial charge in [0.15, 0.2) is 23.3 Å². The molecule has 1 fully saturated rings. The highest BCUT2D eigenvalue weighted by Crippen LogP contribution is 2.48. The second kappa shape index (κ2) is 10.6. The first-order valence-corrected chi connectivity index (χ1v) is 12.2. The largest absolute Gasteiger partial charge is 0.497 e. The maximum atomic E-state index is 14.9. The first kappa shape index (κ1) is 25.3. The van der Waals surface area contributed by atoms with Crippen molar-refractivity contribution in [3.63, 3.8) is 0 Å². The Morgan fingerprint density at radius 2 is 1.46 bits per heavy atom. The summed E-state index contributed by atoms with van der Waals surface area (Å²) in [5, 5.41) is 0. The van der Waals surface area contributed by atoms with Crippen LogP contribution >= 0.6 is 0 Å². The smallest absolute Gasteiger partial charge is 0.200 e. The van der Waals surface area contributed by atoms with Crippen LogP contribution in [-0.2, 0) is 0 Å². The van der Waals surface area contributed by atoms with E-state index in [9.17, 15) is 22.0 Å². The van der Waals surface area contributed by atoms with Crippen LogP contribution in [0.2, 0.25) is 0 Å². The molecule has 5 rings (SSSR count). The Labute approximate surface area is 211 Å². The van der Waals surface area contributed by atoms with Gasteiger partial charge >= 0.3 is 0 Å². The van der Waals surface area contributed by atoms with Crippen molar-refractivity contribution < 1.29 is 36.2 Å². The van der Waals surface area contributed by atoms with Gasteiger partial charge in [-0.2, -0.15) is 0 Å². The van der Waals surface area contributed by atoms with Crippen LogP contribution in [0.25, 0.3) is 0 Å². The van der Waals surface area contributed by atoms with Crippen LogP contribution in [0.1, 0.15) is 41.4 Å². The van der Waals surface area contributed by atoms with Gasteiger partial charge in [-0.05, 0) is 49.7 Å². The van der Waals surface area contributed by atoms with E-state index in [-0.39, 0.29) is 6.61 Å². The van der Waals surface area contributed by atoms with Gasteiger partial charge in [0.1, 0.15) is 23.9 Å². The molecule has 2 heterocycles. The Kier molecular flexibility index (Phi) is 7.24. The van der Waals surface area contributed by atoms with Gasteiger partial charge in [0.25, 0.3) is 0 Å². The molecule has 3 aromatic carbocycles. The number of hydrogen-bond donors (Lipinski definition) is 0. The van der Waals surface area contributed by atoms with Crippen molar-refractivity contribution in [1.29, 1.82) is 0 Å². The third-order valence-corrected chi connectivity index (χ3v) is 7.11. The average molecular weight is 520 g/mol. The summed E-state index contributed by atoms with van der Waals surface area (Å²) < 4.78 is 88.6. The van der Waals surface area contributed by atoms with E-state index >= 15 is 0 Å². The van der Waals surface area contributed by atoms with E-state index in [1.807, 2.05) is 0 Å². The predicted octanol–water partition coefficient (Wildman–Crippen LogP) is 6.17. The van der Waals surface area contributed by atoms with E-state index in [4.69, 9.17) is 14.2 Å². The van der Waals surface area contributed by atoms with Gasteiger partial charge in [-0.15, -0.1) is 0 Å². The summed E-state index contributed by atoms with van der Waals surface area (Å²) >= 11 is 0. The highest BCUT2D eigenvalue weighted by atomic mass is 19.2. The molecular weight excluding hydrogens is 493 g/mol. The third-order valence-electron chi connectivity index (χ3n) is 7.11. The van der Waals surface area contributed by atoms with E-state index in [1.54, 1.807) is 42.5 Å². The van der Waals surface area contributed by atoms with Crippen LogP contribution in [0.3, 0.4) is 0 Å². The number of benzene rings is 3. The van der Waals surface area contributed by atoms with Crippen LogP contribution < -0.4 is 14.2 Å². The van der Waals surface area contributed by atoms with E-state index in [0.717, 1.165) is 19.6 Å². The molecule has 2 atom stereocenters. The summed E-state index contributed by atoms with van der Waals surface area (Å²) in [5.41, 5.74) is 0.271. The Hall–Kier alpha value is -3.33. The zero-order valence-corrected chi connectivity index (χ0v) is 20.2. The summed E-state index contributed by atoms with van der Waals surface area (Å²) in [6, 6.07) is 11.9. The van der Waals surface area contributed by atoms with Gasteiger partial charge in [0.05, 0.1) is 13.7 Å². The molecular formula is C28H26F5NO3. The molecule has 196 valence electrons. The standard InChI is InChI=1S/C28H26F5NO3/c1-35-18-8-9-19-21(14-18)37-15-20(23-24(29)26(31)28(33)27(32)25(23)30)22(19)16-4-6-17(7-5-16)36-13-12-34-10-2-3-11-34/h4-9,14,20,22H,2-3,10-13,15H2,1H3/t20-,22+/m0/s1. The van der Waals surface area contributed by atoms with Crippen LogP contribution in [0.15, 0.2) is 42.5 Å². The molecule has 0 bridgehead atoms. The predicted molar refractivity (Wildman–Crippen MR) is 127 cm³/mol. The third kappa shape index (κ3) is 4.84. The summed E-state index contributed by atoms with van der Waals surface area (Å²) in [5.74, 6) is -10.2. The normalized spacial score (nSPS) is 19.4. The van der Waals surface area contributed by atoms with Gasteiger partial charge in [-0.25, -0.2) is 22.0 Å². The fourth-order valence-corrected chi connectivity index (χ4v) is 5.20. The number of fused-ring (bicyclic) bond motifs is 1. The minimum Gasteiger partial charge on any atom is -0.497 e. The molecule has 1 saturated heterocycles. The summed E-state index contributed by atoms with van der Waals surface area (Å²) in [6.07, 6.45) is 2.38. The van der Waals surface area contributed by atoms with Crippen molar-refractivity contribution in [2.45, 2.75) is 24.7 Å². The Morgan fingerprint density at radius 3 is 2.11 bits per heavy atom. The quantitative estimate of drug-likeness (QED) is 0.212. The van der Waals surface area contributed by atoms with E-state index < -0.39 is 46.5 Å². The first-order valence-electron chi connectivity index (χ1n) is 12.2. The average Bonchev–Trinajstić information content (AvgIpc) is 3.44. The molecule has 9 heteroatoms. The maximum absolute atomic E-state index is 14.9. The van der Waals surface area contributed by atoms with Crippen LogP contribution in [0.5, 0.6) is 17.2 Å². The number of likely N-dealkylation sites (tertiary alicyclic amines) is 1. The molecule has 0 N–H and O–H groups in total. The van der Waals surface area contributed by atoms with Crippen molar-refractivity contribution in [2.24, 2.45) is 0 Å². The molecule has 0 aromatic heterocycles. The molecule has 3 aromatic rings. The monoisotopic (exact) mass is 519 g/mol. The lowest BCUT2D eigenvalue weighted by Crippen LogP contribution is -2.28. The van der Waals surface area contributed by atoms with Crippen molar-refractivity contribution >= 4 is 0 Å². The lowest BCUT2D eigenvalue weighted by atomic mass is 9.75. The number of ether oxygens (including phenoxy) is 3. The summed E-state index contributed by atoms with van der Waals surface area (Å²) in [6.45, 7) is 3.17.